The molecule has 3 heteroatoms. The van der Waals surface area contributed by atoms with Gasteiger partial charge in [0.25, 0.3) is 0 Å². The molecule has 0 amide bonds. The van der Waals surface area contributed by atoms with Crippen LogP contribution in [0.5, 0.6) is 0 Å². The van der Waals surface area contributed by atoms with Crippen molar-refractivity contribution in [2.75, 3.05) is 6.61 Å². The quantitative estimate of drug-likeness (QED) is 0.277. The minimum atomic E-state index is -0.194. The topological polar surface area (TPSA) is 18.5 Å². The monoisotopic (exact) mass is 214 g/mol. The Labute approximate surface area is 110 Å². The first-order chi connectivity index (χ1) is 7.02. The summed E-state index contributed by atoms with van der Waals surface area (Å²) in [5.74, 6) is 0.662. The van der Waals surface area contributed by atoms with Gasteiger partial charge in [0.15, 0.2) is 6.29 Å². The molecule has 1 heterocycles. The summed E-state index contributed by atoms with van der Waals surface area (Å²) in [7, 11) is 0. The normalized spacial score (nSPS) is 39.4. The number of hydrogen-bond acceptors (Lipinski definition) is 2. The van der Waals surface area contributed by atoms with Gasteiger partial charge in [0.05, 0.1) is 6.61 Å². The molecule has 1 unspecified atom stereocenters. The van der Waals surface area contributed by atoms with Gasteiger partial charge in [-0.2, -0.15) is 0 Å². The molecular formula is C13H19LiO2. The fourth-order valence-corrected chi connectivity index (χ4v) is 2.98. The molecule has 0 N–H and O–H groups in total. The Bertz CT molecular complexity index is 307. The van der Waals surface area contributed by atoms with Gasteiger partial charge in [0.1, 0.15) is 0 Å². The third-order valence-corrected chi connectivity index (χ3v) is 4.71. The van der Waals surface area contributed by atoms with E-state index in [0.717, 1.165) is 13.0 Å². The second kappa shape index (κ2) is 4.63. The molecule has 0 spiro atoms. The maximum absolute atomic E-state index is 5.75. The van der Waals surface area contributed by atoms with Crippen molar-refractivity contribution in [3.63, 3.8) is 0 Å². The number of hydrogen-bond donors (Lipinski definition) is 0. The molecule has 2 rings (SSSR count). The zero-order valence-corrected chi connectivity index (χ0v) is 10.8. The van der Waals surface area contributed by atoms with Gasteiger partial charge in [0, 0.05) is 5.41 Å². The van der Waals surface area contributed by atoms with Crippen LogP contribution in [0.4, 0.5) is 0 Å². The largest absolute Gasteiger partial charge is 1.00 e. The minimum Gasteiger partial charge on any atom is -0.562 e. The number of ether oxygens (including phenoxy) is 2. The van der Waals surface area contributed by atoms with Gasteiger partial charge in [-0.25, -0.2) is 6.58 Å². The molecule has 0 aromatic carbocycles. The standard InChI is InChI=1S/C13H19O2.Li/c1-5-8-14-11-13(4)7-6-10(9-15-11)12(13,2)3;/h10-11H,1,6-7,9H2,2-4H3;/q-1;+1/t10-,11?,13+;/m1./s1. The van der Waals surface area contributed by atoms with E-state index < -0.39 is 0 Å². The Kier molecular flexibility index (Phi) is 4.03. The first-order valence-corrected chi connectivity index (χ1v) is 5.57. The van der Waals surface area contributed by atoms with Gasteiger partial charge in [-0.3, -0.25) is 5.73 Å². The Morgan fingerprint density at radius 1 is 1.44 bits per heavy atom. The van der Waals surface area contributed by atoms with Crippen molar-refractivity contribution < 1.29 is 28.3 Å². The molecule has 0 radical (unpaired) electrons. The molecule has 1 saturated carbocycles. The fourth-order valence-electron chi connectivity index (χ4n) is 2.98. The summed E-state index contributed by atoms with van der Waals surface area (Å²) in [5, 5.41) is 0. The molecule has 2 nitrogen and oxygen atoms in total. The Balaban J connectivity index is 0.00000128. The summed E-state index contributed by atoms with van der Waals surface area (Å²) in [6, 6.07) is 0. The Morgan fingerprint density at radius 2 is 2.12 bits per heavy atom. The van der Waals surface area contributed by atoms with Gasteiger partial charge in [-0.1, -0.05) is 20.8 Å². The zero-order valence-electron chi connectivity index (χ0n) is 10.8. The molecule has 3 atom stereocenters. The van der Waals surface area contributed by atoms with Gasteiger partial charge in [0.2, 0.25) is 0 Å². The predicted molar refractivity (Wildman–Crippen MR) is 57.8 cm³/mol. The summed E-state index contributed by atoms with van der Waals surface area (Å²) < 4.78 is 11.2. The predicted octanol–water partition coefficient (Wildman–Crippen LogP) is -0.0924. The van der Waals surface area contributed by atoms with Crippen molar-refractivity contribution in [2.45, 2.75) is 39.9 Å². The molecule has 2 fully saturated rings. The minimum absolute atomic E-state index is 0. The van der Waals surface area contributed by atoms with Gasteiger partial charge < -0.3 is 9.47 Å². The molecule has 84 valence electrons. The fraction of sp³-hybridized carbons (Fsp3) is 0.769. The zero-order chi connectivity index (χ0) is 11.1. The Hall–Kier alpha value is -0.123. The van der Waals surface area contributed by atoms with Gasteiger partial charge in [-0.15, -0.1) is 0 Å². The van der Waals surface area contributed by atoms with Crippen LogP contribution in [0.3, 0.4) is 0 Å². The van der Waals surface area contributed by atoms with Crippen molar-refractivity contribution in [1.82, 2.24) is 0 Å². The first-order valence-electron chi connectivity index (χ1n) is 5.57. The second-order valence-electron chi connectivity index (χ2n) is 5.44. The maximum atomic E-state index is 5.75. The molecule has 2 aliphatic rings. The van der Waals surface area contributed by atoms with E-state index in [-0.39, 0.29) is 36.0 Å². The van der Waals surface area contributed by atoms with E-state index in [4.69, 9.17) is 9.47 Å². The van der Waals surface area contributed by atoms with Crippen molar-refractivity contribution in [2.24, 2.45) is 16.7 Å². The van der Waals surface area contributed by atoms with Crippen LogP contribution >= 0.6 is 0 Å². The van der Waals surface area contributed by atoms with Crippen LogP contribution in [0.2, 0.25) is 0 Å². The van der Waals surface area contributed by atoms with Crippen LogP contribution in [-0.2, 0) is 9.47 Å². The maximum Gasteiger partial charge on any atom is 1.00 e. The molecule has 1 saturated heterocycles. The number of fused-ring (bicyclic) bond motifs is 2. The van der Waals surface area contributed by atoms with Crippen molar-refractivity contribution in [1.29, 1.82) is 0 Å². The molecule has 1 aliphatic carbocycles. The van der Waals surface area contributed by atoms with Gasteiger partial charge >= 0.3 is 18.9 Å². The van der Waals surface area contributed by atoms with Crippen LogP contribution in [0, 0.1) is 23.0 Å². The average Bonchev–Trinajstić information content (AvgIpc) is 2.37. The molecule has 16 heavy (non-hydrogen) atoms. The third-order valence-electron chi connectivity index (χ3n) is 4.71. The van der Waals surface area contributed by atoms with E-state index in [1.807, 2.05) is 0 Å². The smallest absolute Gasteiger partial charge is 0.562 e. The summed E-state index contributed by atoms with van der Waals surface area (Å²) in [4.78, 5) is 0. The molecule has 0 aromatic rings. The van der Waals surface area contributed by atoms with E-state index in [9.17, 15) is 0 Å². The first kappa shape index (κ1) is 13.9. The SMILES string of the molecule is C=C=[C-]OC1OC[C@H]2CC[C@]1(C)C2(C)C.[Li+]. The summed E-state index contributed by atoms with van der Waals surface area (Å²) in [6.07, 6.45) is 4.78. The van der Waals surface area contributed by atoms with Crippen LogP contribution < -0.4 is 18.9 Å². The molecule has 0 aromatic heterocycles. The van der Waals surface area contributed by atoms with E-state index >= 15 is 0 Å². The number of rotatable bonds is 2. The van der Waals surface area contributed by atoms with Crippen LogP contribution in [0.1, 0.15) is 33.6 Å². The molecular weight excluding hydrogens is 195 g/mol. The van der Waals surface area contributed by atoms with E-state index in [0.29, 0.717) is 5.92 Å². The van der Waals surface area contributed by atoms with Crippen molar-refractivity contribution in [3.05, 3.63) is 18.6 Å². The Morgan fingerprint density at radius 3 is 2.75 bits per heavy atom. The molecule has 1 aliphatic heterocycles. The van der Waals surface area contributed by atoms with Gasteiger partial charge in [-0.05, 0) is 30.4 Å². The van der Waals surface area contributed by atoms with E-state index in [1.165, 1.54) is 6.42 Å². The third kappa shape index (κ3) is 1.79. The van der Waals surface area contributed by atoms with E-state index in [2.05, 4.69) is 39.3 Å². The van der Waals surface area contributed by atoms with Crippen LogP contribution in [-0.4, -0.2) is 12.9 Å². The second-order valence-corrected chi connectivity index (χ2v) is 5.44. The summed E-state index contributed by atoms with van der Waals surface area (Å²) >= 11 is 0. The summed E-state index contributed by atoms with van der Waals surface area (Å²) in [5.41, 5.74) is 2.88. The average molecular weight is 214 g/mol. The summed E-state index contributed by atoms with van der Waals surface area (Å²) in [6.45, 7) is 11.1. The van der Waals surface area contributed by atoms with Crippen molar-refractivity contribution in [3.8, 4) is 0 Å². The van der Waals surface area contributed by atoms with Crippen LogP contribution in [0.15, 0.2) is 12.3 Å². The molecule has 2 bridgehead atoms. The van der Waals surface area contributed by atoms with Crippen LogP contribution in [0.25, 0.3) is 0 Å². The van der Waals surface area contributed by atoms with E-state index in [1.54, 1.807) is 0 Å². The van der Waals surface area contributed by atoms with Crippen molar-refractivity contribution >= 4 is 0 Å².